The van der Waals surface area contributed by atoms with E-state index in [1.165, 1.54) is 13.3 Å². The van der Waals surface area contributed by atoms with Crippen molar-refractivity contribution < 1.29 is 14.3 Å². The van der Waals surface area contributed by atoms with Crippen molar-refractivity contribution in [2.45, 2.75) is 45.1 Å². The van der Waals surface area contributed by atoms with Gasteiger partial charge in [0.1, 0.15) is 0 Å². The second-order valence-electron chi connectivity index (χ2n) is 5.48. The molecule has 0 radical (unpaired) electrons. The fourth-order valence-electron chi connectivity index (χ4n) is 2.75. The predicted octanol–water partition coefficient (Wildman–Crippen LogP) is 1.03. The molecule has 19 heavy (non-hydrogen) atoms. The molecule has 5 nitrogen and oxygen atoms in total. The Balaban J connectivity index is 1.84. The molecule has 1 unspecified atom stereocenters. The van der Waals surface area contributed by atoms with Gasteiger partial charge in [0.25, 0.3) is 0 Å². The fourth-order valence-corrected chi connectivity index (χ4v) is 2.75. The molecule has 2 rings (SSSR count). The van der Waals surface area contributed by atoms with Crippen LogP contribution >= 0.6 is 0 Å². The molecule has 5 heteroatoms. The highest BCUT2D eigenvalue weighted by Crippen LogP contribution is 2.14. The molecule has 0 aromatic carbocycles. The Kier molecular flexibility index (Phi) is 5.19. The Morgan fingerprint density at radius 3 is 2.53 bits per heavy atom. The zero-order chi connectivity index (χ0) is 13.7. The average molecular weight is 268 g/mol. The molecule has 2 aliphatic rings. The van der Waals surface area contributed by atoms with Gasteiger partial charge >= 0.3 is 0 Å². The van der Waals surface area contributed by atoms with Crippen LogP contribution in [0.15, 0.2) is 0 Å². The van der Waals surface area contributed by atoms with E-state index in [0.717, 1.165) is 45.4 Å². The quantitative estimate of drug-likeness (QED) is 0.765. The molecule has 0 aromatic heterocycles. The molecule has 0 spiro atoms. The molecule has 2 amide bonds. The Morgan fingerprint density at radius 1 is 1.21 bits per heavy atom. The minimum atomic E-state index is -0.0409. The highest BCUT2D eigenvalue weighted by atomic mass is 16.5. The number of carbonyl (C=O) groups excluding carboxylic acids is 2. The topological polar surface area (TPSA) is 49.9 Å². The van der Waals surface area contributed by atoms with Gasteiger partial charge in [-0.3, -0.25) is 9.59 Å². The van der Waals surface area contributed by atoms with Gasteiger partial charge < -0.3 is 14.5 Å². The van der Waals surface area contributed by atoms with Crippen LogP contribution in [0.2, 0.25) is 0 Å². The summed E-state index contributed by atoms with van der Waals surface area (Å²) in [6, 6.07) is 0. The zero-order valence-electron chi connectivity index (χ0n) is 11.8. The van der Waals surface area contributed by atoms with E-state index in [0.29, 0.717) is 6.54 Å². The number of carbonyl (C=O) groups is 2. The van der Waals surface area contributed by atoms with Crippen LogP contribution < -0.4 is 0 Å². The van der Waals surface area contributed by atoms with Crippen LogP contribution in [0.4, 0.5) is 0 Å². The standard InChI is InChI=1S/C14H24N2O3/c1-12(17)16(10-13-6-5-9-19-13)11-14(18)15-7-3-2-4-8-15/h13H,2-11H2,1H3. The van der Waals surface area contributed by atoms with Crippen LogP contribution in [0, 0.1) is 0 Å². The first-order valence-electron chi connectivity index (χ1n) is 7.31. The van der Waals surface area contributed by atoms with Crippen LogP contribution in [-0.2, 0) is 14.3 Å². The number of hydrogen-bond acceptors (Lipinski definition) is 3. The maximum absolute atomic E-state index is 12.2. The van der Waals surface area contributed by atoms with Gasteiger partial charge in [-0.15, -0.1) is 0 Å². The summed E-state index contributed by atoms with van der Waals surface area (Å²) in [5, 5.41) is 0. The molecular weight excluding hydrogens is 244 g/mol. The summed E-state index contributed by atoms with van der Waals surface area (Å²) in [6.07, 6.45) is 5.52. The van der Waals surface area contributed by atoms with Crippen LogP contribution in [-0.4, -0.2) is 60.5 Å². The summed E-state index contributed by atoms with van der Waals surface area (Å²) in [4.78, 5) is 27.3. The smallest absolute Gasteiger partial charge is 0.242 e. The largest absolute Gasteiger partial charge is 0.376 e. The molecule has 0 N–H and O–H groups in total. The minimum absolute atomic E-state index is 0.0409. The van der Waals surface area contributed by atoms with Crippen molar-refractivity contribution in [1.82, 2.24) is 9.80 Å². The third-order valence-corrected chi connectivity index (χ3v) is 3.93. The van der Waals surface area contributed by atoms with E-state index in [1.807, 2.05) is 4.90 Å². The Hall–Kier alpha value is -1.10. The van der Waals surface area contributed by atoms with Crippen LogP contribution in [0.25, 0.3) is 0 Å². The molecule has 0 aliphatic carbocycles. The number of piperidine rings is 1. The zero-order valence-corrected chi connectivity index (χ0v) is 11.8. The average Bonchev–Trinajstić information content (AvgIpc) is 2.91. The first-order valence-corrected chi connectivity index (χ1v) is 7.31. The molecule has 0 bridgehead atoms. The monoisotopic (exact) mass is 268 g/mol. The number of ether oxygens (including phenoxy) is 1. The van der Waals surface area contributed by atoms with E-state index in [4.69, 9.17) is 4.74 Å². The molecule has 0 aromatic rings. The van der Waals surface area contributed by atoms with Gasteiger partial charge in [0.2, 0.25) is 11.8 Å². The highest BCUT2D eigenvalue weighted by molar-refractivity contribution is 5.83. The molecule has 0 saturated carbocycles. The van der Waals surface area contributed by atoms with Gasteiger partial charge in [-0.25, -0.2) is 0 Å². The molecule has 2 heterocycles. The second kappa shape index (κ2) is 6.89. The lowest BCUT2D eigenvalue weighted by Gasteiger charge is -2.30. The summed E-state index contributed by atoms with van der Waals surface area (Å²) >= 11 is 0. The van der Waals surface area contributed by atoms with E-state index >= 15 is 0 Å². The van der Waals surface area contributed by atoms with Gasteiger partial charge in [-0.05, 0) is 32.1 Å². The molecule has 1 atom stereocenters. The summed E-state index contributed by atoms with van der Waals surface area (Å²) < 4.78 is 5.54. The first kappa shape index (κ1) is 14.3. The lowest BCUT2D eigenvalue weighted by Crippen LogP contribution is -2.46. The van der Waals surface area contributed by atoms with E-state index in [2.05, 4.69) is 0 Å². The summed E-state index contributed by atoms with van der Waals surface area (Å²) in [6.45, 7) is 4.73. The maximum atomic E-state index is 12.2. The normalized spacial score (nSPS) is 23.4. The number of hydrogen-bond donors (Lipinski definition) is 0. The van der Waals surface area contributed by atoms with Gasteiger partial charge in [-0.1, -0.05) is 0 Å². The number of likely N-dealkylation sites (tertiary alicyclic amines) is 1. The first-order chi connectivity index (χ1) is 9.16. The summed E-state index contributed by atoms with van der Waals surface area (Å²) in [5.41, 5.74) is 0. The lowest BCUT2D eigenvalue weighted by molar-refractivity contribution is -0.141. The Morgan fingerprint density at radius 2 is 1.95 bits per heavy atom. The summed E-state index contributed by atoms with van der Waals surface area (Å²) in [5.74, 6) is 0.0359. The SMILES string of the molecule is CC(=O)N(CC(=O)N1CCCCC1)CC1CCCO1. The Bertz CT molecular complexity index is 321. The third-order valence-electron chi connectivity index (χ3n) is 3.93. The van der Waals surface area contributed by atoms with Crippen molar-refractivity contribution in [2.75, 3.05) is 32.8 Å². The molecule has 2 saturated heterocycles. The lowest BCUT2D eigenvalue weighted by atomic mass is 10.1. The van der Waals surface area contributed by atoms with Crippen LogP contribution in [0.5, 0.6) is 0 Å². The van der Waals surface area contributed by atoms with Crippen molar-refractivity contribution in [3.8, 4) is 0 Å². The maximum Gasteiger partial charge on any atom is 0.242 e. The highest BCUT2D eigenvalue weighted by Gasteiger charge is 2.24. The molecule has 108 valence electrons. The second-order valence-corrected chi connectivity index (χ2v) is 5.48. The van der Waals surface area contributed by atoms with Crippen molar-refractivity contribution >= 4 is 11.8 Å². The van der Waals surface area contributed by atoms with Crippen LogP contribution in [0.1, 0.15) is 39.0 Å². The van der Waals surface area contributed by atoms with Crippen LogP contribution in [0.3, 0.4) is 0 Å². The van der Waals surface area contributed by atoms with Crippen molar-refractivity contribution in [1.29, 1.82) is 0 Å². The van der Waals surface area contributed by atoms with Crippen molar-refractivity contribution in [3.05, 3.63) is 0 Å². The van der Waals surface area contributed by atoms with Gasteiger partial charge in [0.05, 0.1) is 12.6 Å². The van der Waals surface area contributed by atoms with Gasteiger partial charge in [0.15, 0.2) is 0 Å². The van der Waals surface area contributed by atoms with Gasteiger partial charge in [-0.2, -0.15) is 0 Å². The minimum Gasteiger partial charge on any atom is -0.376 e. The van der Waals surface area contributed by atoms with E-state index in [9.17, 15) is 9.59 Å². The number of nitrogens with zero attached hydrogens (tertiary/aromatic N) is 2. The molecule has 2 fully saturated rings. The van der Waals surface area contributed by atoms with Gasteiger partial charge in [0, 0.05) is 33.2 Å². The van der Waals surface area contributed by atoms with E-state index in [-0.39, 0.29) is 24.5 Å². The van der Waals surface area contributed by atoms with Crippen molar-refractivity contribution in [3.63, 3.8) is 0 Å². The molecule has 2 aliphatic heterocycles. The van der Waals surface area contributed by atoms with E-state index < -0.39 is 0 Å². The van der Waals surface area contributed by atoms with Crippen molar-refractivity contribution in [2.24, 2.45) is 0 Å². The Labute approximate surface area is 114 Å². The number of amides is 2. The summed E-state index contributed by atoms with van der Waals surface area (Å²) in [7, 11) is 0. The van der Waals surface area contributed by atoms with E-state index in [1.54, 1.807) is 4.90 Å². The third kappa shape index (κ3) is 4.20. The molecular formula is C14H24N2O3. The fraction of sp³-hybridized carbons (Fsp3) is 0.857. The number of rotatable bonds is 4. The predicted molar refractivity (Wildman–Crippen MR) is 71.7 cm³/mol.